The molecule has 4 heteroatoms. The second kappa shape index (κ2) is 9.54. The quantitative estimate of drug-likeness (QED) is 0.505. The monoisotopic (exact) mass is 458 g/mol. The summed E-state index contributed by atoms with van der Waals surface area (Å²) in [6.07, 6.45) is 16.0. The first-order chi connectivity index (χ1) is 10.6. The summed E-state index contributed by atoms with van der Waals surface area (Å²) in [5, 5.41) is 3.88. The van der Waals surface area contributed by atoms with Crippen LogP contribution in [0, 0.1) is 0 Å². The zero-order chi connectivity index (χ0) is 15.7. The van der Waals surface area contributed by atoms with E-state index in [1.165, 1.54) is 51.4 Å². The molecule has 3 aliphatic rings. The molecule has 0 bridgehead atoms. The smallest absolute Gasteiger partial charge is 1.00 e. The van der Waals surface area contributed by atoms with Crippen LogP contribution in [0.5, 0.6) is 0 Å². The molecule has 0 fully saturated rings. The minimum atomic E-state index is -1.41. The molecule has 0 atom stereocenters. The summed E-state index contributed by atoms with van der Waals surface area (Å²) in [6.45, 7) is 9.97. The van der Waals surface area contributed by atoms with Crippen LogP contribution in [0.25, 0.3) is 0 Å². The molecule has 0 radical (unpaired) electrons. The molecule has 3 rings (SSSR count). The zero-order valence-corrected chi connectivity index (χ0v) is 20.5. The van der Waals surface area contributed by atoms with Gasteiger partial charge >= 0.3 is 150 Å². The van der Waals surface area contributed by atoms with Gasteiger partial charge in [0.15, 0.2) is 0 Å². The number of allylic oxidation sites excluding steroid dienone is 8. The summed E-state index contributed by atoms with van der Waals surface area (Å²) in [5.41, 5.74) is 3.56. The fraction of sp³-hybridized carbons (Fsp3) is 0.600. The fourth-order valence-corrected chi connectivity index (χ4v) is 17.2. The van der Waals surface area contributed by atoms with Crippen LogP contribution in [-0.2, 0) is 23.2 Å². The van der Waals surface area contributed by atoms with Gasteiger partial charge in [-0.15, -0.1) is 0 Å². The minimum Gasteiger partial charge on any atom is -1.00 e. The average molecular weight is 461 g/mol. The molecule has 0 saturated heterocycles. The van der Waals surface area contributed by atoms with E-state index in [0.29, 0.717) is 0 Å². The van der Waals surface area contributed by atoms with Gasteiger partial charge in [0, 0.05) is 0 Å². The van der Waals surface area contributed by atoms with E-state index in [1.54, 1.807) is 11.1 Å². The Labute approximate surface area is 173 Å². The van der Waals surface area contributed by atoms with E-state index >= 15 is 0 Å². The van der Waals surface area contributed by atoms with Gasteiger partial charge in [-0.2, -0.15) is 0 Å². The average Bonchev–Trinajstić information content (AvgIpc) is 3.08. The molecule has 1 heterocycles. The van der Waals surface area contributed by atoms with Gasteiger partial charge in [-0.25, -0.2) is 0 Å². The van der Waals surface area contributed by atoms with Crippen LogP contribution < -0.4 is 24.8 Å². The van der Waals surface area contributed by atoms with Crippen molar-refractivity contribution < 1.29 is 48.0 Å². The van der Waals surface area contributed by atoms with Crippen molar-refractivity contribution in [1.82, 2.24) is 0 Å². The number of unbranched alkanes of at least 4 members (excludes halogenated alkanes) is 2. The molecule has 0 aromatic carbocycles. The van der Waals surface area contributed by atoms with Crippen molar-refractivity contribution in [1.29, 1.82) is 0 Å². The van der Waals surface area contributed by atoms with E-state index in [2.05, 4.69) is 39.1 Å². The molecule has 0 N–H and O–H groups in total. The maximum Gasteiger partial charge on any atom is -1.00 e. The predicted molar refractivity (Wildman–Crippen MR) is 96.0 cm³/mol. The van der Waals surface area contributed by atoms with Gasteiger partial charge in [0.25, 0.3) is 0 Å². The van der Waals surface area contributed by atoms with Gasteiger partial charge in [-0.1, -0.05) is 0 Å². The van der Waals surface area contributed by atoms with Gasteiger partial charge < -0.3 is 24.8 Å². The van der Waals surface area contributed by atoms with Crippen molar-refractivity contribution in [3.8, 4) is 0 Å². The number of rotatable bonds is 6. The molecule has 0 aromatic heterocycles. The largest absolute Gasteiger partial charge is 1.00 e. The normalized spacial score (nSPS) is 20.2. The molecule has 0 amide bonds. The minimum absolute atomic E-state index is 0. The number of hydrogen-bond donors (Lipinski definition) is 0. The van der Waals surface area contributed by atoms with Gasteiger partial charge in [0.05, 0.1) is 0 Å². The van der Waals surface area contributed by atoms with Crippen LogP contribution in [0.4, 0.5) is 0 Å². The van der Waals surface area contributed by atoms with Crippen molar-refractivity contribution in [3.63, 3.8) is 0 Å². The first kappa shape index (κ1) is 22.7. The van der Waals surface area contributed by atoms with E-state index < -0.39 is 31.3 Å². The number of hydrogen-bond acceptors (Lipinski definition) is 0. The van der Waals surface area contributed by atoms with Crippen molar-refractivity contribution in [2.45, 2.75) is 78.3 Å². The molecule has 2 aliphatic carbocycles. The zero-order valence-electron chi connectivity index (χ0n) is 15.6. The Hall–Kier alpha value is 0.640. The third-order valence-corrected chi connectivity index (χ3v) is 14.2. The maximum absolute atomic E-state index is 2.66. The van der Waals surface area contributed by atoms with E-state index in [9.17, 15) is 0 Å². The second-order valence-corrected chi connectivity index (χ2v) is 15.4. The molecule has 0 saturated carbocycles. The Morgan fingerprint density at radius 3 is 1.62 bits per heavy atom. The van der Waals surface area contributed by atoms with Crippen molar-refractivity contribution >= 4 is 8.07 Å². The number of halogens is 2. The molecule has 24 heavy (non-hydrogen) atoms. The summed E-state index contributed by atoms with van der Waals surface area (Å²) in [7, 11) is -1.41. The Bertz CT molecular complexity index is 547. The second-order valence-electron chi connectivity index (χ2n) is 7.53. The topological polar surface area (TPSA) is 0 Å². The van der Waals surface area contributed by atoms with Gasteiger partial charge in [-0.3, -0.25) is 0 Å². The molecule has 0 unspecified atom stereocenters. The molecule has 0 spiro atoms. The van der Waals surface area contributed by atoms with Crippen LogP contribution >= 0.6 is 0 Å². The molecular weight excluding hydrogens is 430 g/mol. The van der Waals surface area contributed by atoms with Crippen LogP contribution in [0.1, 0.15) is 65.2 Å². The van der Waals surface area contributed by atoms with E-state index in [1.807, 2.05) is 17.0 Å². The Morgan fingerprint density at radius 1 is 0.833 bits per heavy atom. The Kier molecular flexibility index (Phi) is 9.02. The van der Waals surface area contributed by atoms with E-state index in [-0.39, 0.29) is 24.8 Å². The van der Waals surface area contributed by atoms with Crippen LogP contribution in [0.15, 0.2) is 40.3 Å². The van der Waals surface area contributed by atoms with E-state index in [4.69, 9.17) is 0 Å². The fourth-order valence-electron chi connectivity index (χ4n) is 4.53. The van der Waals surface area contributed by atoms with Crippen molar-refractivity contribution in [2.24, 2.45) is 0 Å². The molecule has 132 valence electrons. The SMILES string of the molecule is CCCCC1=CC[C]2=C1[Si](C)(C)C1=[C](CC=C1CCCC)[Zr+2]2.[Cl-].[Cl-]. The van der Waals surface area contributed by atoms with Crippen molar-refractivity contribution in [2.75, 3.05) is 0 Å². The van der Waals surface area contributed by atoms with Crippen LogP contribution in [0.2, 0.25) is 13.1 Å². The molecule has 1 aliphatic heterocycles. The standard InChI is InChI=1S/C20H30Si.2ClH.Zr/c1-5-7-11-17-13-9-15-19(17)21(3,4)20-16-10-14-18(20)12-8-6-2;;;/h13-14H,5-12H2,1-4H3;2*1H;/q;;;+2/p-2. The summed E-state index contributed by atoms with van der Waals surface area (Å²) in [6, 6.07) is 0. The van der Waals surface area contributed by atoms with E-state index in [0.717, 1.165) is 0 Å². The first-order valence-electron chi connectivity index (χ1n) is 9.22. The summed E-state index contributed by atoms with van der Waals surface area (Å²) < 4.78 is 3.94. The third-order valence-electron chi connectivity index (χ3n) is 5.50. The maximum atomic E-state index is 2.66. The molecule has 0 nitrogen and oxygen atoms in total. The molecular formula is C20H30Cl2SiZr. The molecule has 0 aromatic rings. The first-order valence-corrected chi connectivity index (χ1v) is 14.7. The summed E-state index contributed by atoms with van der Waals surface area (Å²) in [4.78, 5) is 0. The Morgan fingerprint density at radius 2 is 1.25 bits per heavy atom. The van der Waals surface area contributed by atoms with Crippen LogP contribution in [-0.4, -0.2) is 8.07 Å². The van der Waals surface area contributed by atoms with Gasteiger partial charge in [0.1, 0.15) is 0 Å². The predicted octanol–water partition coefficient (Wildman–Crippen LogP) is 0.426. The summed E-state index contributed by atoms with van der Waals surface area (Å²) in [5.74, 6) is 0. The van der Waals surface area contributed by atoms with Gasteiger partial charge in [0.2, 0.25) is 0 Å². The summed E-state index contributed by atoms with van der Waals surface area (Å²) >= 11 is -0.439. The third kappa shape index (κ3) is 4.13. The van der Waals surface area contributed by atoms with Crippen molar-refractivity contribution in [3.05, 3.63) is 40.3 Å². The van der Waals surface area contributed by atoms with Gasteiger partial charge in [-0.05, 0) is 0 Å². The van der Waals surface area contributed by atoms with Crippen LogP contribution in [0.3, 0.4) is 0 Å². The Balaban J connectivity index is 0.00000144.